The van der Waals surface area contributed by atoms with Gasteiger partial charge < -0.3 is 19.5 Å². The molecule has 28 heavy (non-hydrogen) atoms. The summed E-state index contributed by atoms with van der Waals surface area (Å²) in [6, 6.07) is 13.8. The Labute approximate surface area is 165 Å². The number of nitrogens with zero attached hydrogens (tertiary/aromatic N) is 1. The normalized spacial score (nSPS) is 18.7. The van der Waals surface area contributed by atoms with Gasteiger partial charge in [-0.05, 0) is 68.3 Å². The lowest BCUT2D eigenvalue weighted by Crippen LogP contribution is -2.33. The third kappa shape index (κ3) is 4.22. The van der Waals surface area contributed by atoms with Crippen molar-refractivity contribution in [3.63, 3.8) is 0 Å². The van der Waals surface area contributed by atoms with Gasteiger partial charge in [-0.15, -0.1) is 0 Å². The van der Waals surface area contributed by atoms with Crippen molar-refractivity contribution in [1.29, 1.82) is 0 Å². The standard InChI is InChI=1S/C22H26N2O4/c1-2-26-18-8-6-17(7-9-18)23-22(25)15-24-11-3-4-19(24)16-5-10-20-21(14-16)28-13-12-27-20/h5-10,14,19H,2-4,11-13,15H2,1H3,(H,23,25)/t19-/m0/s1. The van der Waals surface area contributed by atoms with Crippen molar-refractivity contribution in [2.24, 2.45) is 0 Å². The van der Waals surface area contributed by atoms with E-state index in [1.165, 1.54) is 5.56 Å². The first kappa shape index (κ1) is 18.6. The lowest BCUT2D eigenvalue weighted by atomic mass is 10.0. The average molecular weight is 382 g/mol. The molecule has 2 heterocycles. The van der Waals surface area contributed by atoms with Gasteiger partial charge in [0, 0.05) is 11.7 Å². The Balaban J connectivity index is 1.39. The Morgan fingerprint density at radius 1 is 1.14 bits per heavy atom. The Bertz CT molecular complexity index is 822. The maximum atomic E-state index is 12.6. The van der Waals surface area contributed by atoms with E-state index in [0.29, 0.717) is 26.4 Å². The van der Waals surface area contributed by atoms with E-state index in [0.717, 1.165) is 42.3 Å². The van der Waals surface area contributed by atoms with E-state index in [2.05, 4.69) is 22.3 Å². The smallest absolute Gasteiger partial charge is 0.238 e. The van der Waals surface area contributed by atoms with Gasteiger partial charge in [0.1, 0.15) is 19.0 Å². The Kier molecular flexibility index (Phi) is 5.67. The van der Waals surface area contributed by atoms with Crippen LogP contribution in [0.15, 0.2) is 42.5 Å². The van der Waals surface area contributed by atoms with Crippen LogP contribution in [0.25, 0.3) is 0 Å². The summed E-state index contributed by atoms with van der Waals surface area (Å²) in [7, 11) is 0. The van der Waals surface area contributed by atoms with Gasteiger partial charge in [-0.1, -0.05) is 6.07 Å². The van der Waals surface area contributed by atoms with Crippen LogP contribution >= 0.6 is 0 Å². The largest absolute Gasteiger partial charge is 0.494 e. The molecule has 0 spiro atoms. The van der Waals surface area contributed by atoms with Gasteiger partial charge in [-0.25, -0.2) is 0 Å². The van der Waals surface area contributed by atoms with Crippen molar-refractivity contribution in [2.45, 2.75) is 25.8 Å². The Morgan fingerprint density at radius 3 is 2.71 bits per heavy atom. The highest BCUT2D eigenvalue weighted by molar-refractivity contribution is 5.92. The van der Waals surface area contributed by atoms with Crippen LogP contribution in [0.3, 0.4) is 0 Å². The average Bonchev–Trinajstić information content (AvgIpc) is 3.17. The van der Waals surface area contributed by atoms with Crippen LogP contribution in [0.4, 0.5) is 5.69 Å². The molecule has 2 aromatic carbocycles. The summed E-state index contributed by atoms with van der Waals surface area (Å²) in [5.74, 6) is 2.40. The number of fused-ring (bicyclic) bond motifs is 1. The second-order valence-electron chi connectivity index (χ2n) is 7.04. The molecular weight excluding hydrogens is 356 g/mol. The van der Waals surface area contributed by atoms with Gasteiger partial charge in [0.25, 0.3) is 0 Å². The first-order chi connectivity index (χ1) is 13.7. The summed E-state index contributed by atoms with van der Waals surface area (Å²) in [6.07, 6.45) is 2.12. The number of rotatable bonds is 6. The molecule has 0 radical (unpaired) electrons. The Hall–Kier alpha value is -2.73. The molecule has 2 aliphatic rings. The molecule has 0 unspecified atom stereocenters. The van der Waals surface area contributed by atoms with Gasteiger partial charge in [0.05, 0.1) is 13.2 Å². The number of carbonyl (C=O) groups excluding carboxylic acids is 1. The molecule has 0 saturated carbocycles. The Morgan fingerprint density at radius 2 is 1.93 bits per heavy atom. The first-order valence-corrected chi connectivity index (χ1v) is 9.89. The number of hydrogen-bond acceptors (Lipinski definition) is 5. The van der Waals surface area contributed by atoms with E-state index in [1.807, 2.05) is 37.3 Å². The molecule has 4 rings (SSSR count). The third-order valence-corrected chi connectivity index (χ3v) is 5.11. The molecule has 1 saturated heterocycles. The number of hydrogen-bond donors (Lipinski definition) is 1. The number of nitrogens with one attached hydrogen (secondary N) is 1. The molecule has 1 N–H and O–H groups in total. The monoisotopic (exact) mass is 382 g/mol. The summed E-state index contributed by atoms with van der Waals surface area (Å²) < 4.78 is 16.8. The second-order valence-corrected chi connectivity index (χ2v) is 7.04. The fourth-order valence-electron chi connectivity index (χ4n) is 3.85. The SMILES string of the molecule is CCOc1ccc(NC(=O)CN2CCC[C@H]2c2ccc3c(c2)OCCO3)cc1. The van der Waals surface area contributed by atoms with Crippen molar-refractivity contribution >= 4 is 11.6 Å². The zero-order valence-corrected chi connectivity index (χ0v) is 16.1. The minimum Gasteiger partial charge on any atom is -0.494 e. The highest BCUT2D eigenvalue weighted by Crippen LogP contribution is 2.37. The molecule has 6 heteroatoms. The summed E-state index contributed by atoms with van der Waals surface area (Å²) in [5.41, 5.74) is 1.96. The van der Waals surface area contributed by atoms with Crippen LogP contribution in [0, 0.1) is 0 Å². The highest BCUT2D eigenvalue weighted by Gasteiger charge is 2.28. The summed E-state index contributed by atoms with van der Waals surface area (Å²) in [5, 5.41) is 2.98. The van der Waals surface area contributed by atoms with Gasteiger partial charge in [-0.3, -0.25) is 9.69 Å². The van der Waals surface area contributed by atoms with E-state index in [1.54, 1.807) is 0 Å². The fraction of sp³-hybridized carbons (Fsp3) is 0.409. The lowest BCUT2D eigenvalue weighted by molar-refractivity contribution is -0.117. The van der Waals surface area contributed by atoms with Crippen LogP contribution in [0.5, 0.6) is 17.2 Å². The predicted octanol–water partition coefficient (Wildman–Crippen LogP) is 3.63. The predicted molar refractivity (Wildman–Crippen MR) is 107 cm³/mol. The van der Waals surface area contributed by atoms with Crippen molar-refractivity contribution < 1.29 is 19.0 Å². The van der Waals surface area contributed by atoms with Crippen molar-refractivity contribution in [1.82, 2.24) is 4.90 Å². The molecule has 2 aromatic rings. The minimum absolute atomic E-state index is 0.00592. The number of ether oxygens (including phenoxy) is 3. The molecule has 0 aromatic heterocycles. The second kappa shape index (κ2) is 8.52. The van der Waals surface area contributed by atoms with Crippen LogP contribution in [-0.4, -0.2) is 43.7 Å². The summed E-state index contributed by atoms with van der Waals surface area (Å²) >= 11 is 0. The number of benzene rings is 2. The van der Waals surface area contributed by atoms with E-state index < -0.39 is 0 Å². The van der Waals surface area contributed by atoms with E-state index in [-0.39, 0.29) is 11.9 Å². The topological polar surface area (TPSA) is 60.0 Å². The molecule has 1 fully saturated rings. The van der Waals surface area contributed by atoms with Crippen LogP contribution in [0.1, 0.15) is 31.4 Å². The molecule has 0 bridgehead atoms. The van der Waals surface area contributed by atoms with Gasteiger partial charge in [0.2, 0.25) is 5.91 Å². The van der Waals surface area contributed by atoms with Gasteiger partial charge in [0.15, 0.2) is 11.5 Å². The lowest BCUT2D eigenvalue weighted by Gasteiger charge is -2.26. The molecule has 6 nitrogen and oxygen atoms in total. The summed E-state index contributed by atoms with van der Waals surface area (Å²) in [4.78, 5) is 14.8. The molecule has 1 atom stereocenters. The number of amides is 1. The zero-order valence-electron chi connectivity index (χ0n) is 16.1. The van der Waals surface area contributed by atoms with Crippen LogP contribution in [0.2, 0.25) is 0 Å². The maximum Gasteiger partial charge on any atom is 0.238 e. The molecule has 1 amide bonds. The zero-order chi connectivity index (χ0) is 19.3. The van der Waals surface area contributed by atoms with Gasteiger partial charge >= 0.3 is 0 Å². The van der Waals surface area contributed by atoms with E-state index in [9.17, 15) is 4.79 Å². The quantitative estimate of drug-likeness (QED) is 0.827. The summed E-state index contributed by atoms with van der Waals surface area (Å²) in [6.45, 7) is 5.02. The minimum atomic E-state index is -0.00592. The van der Waals surface area contributed by atoms with Crippen molar-refractivity contribution in [3.05, 3.63) is 48.0 Å². The number of anilines is 1. The number of carbonyl (C=O) groups is 1. The molecule has 0 aliphatic carbocycles. The van der Waals surface area contributed by atoms with Crippen molar-refractivity contribution in [2.75, 3.05) is 38.2 Å². The molecule has 2 aliphatic heterocycles. The molecular formula is C22H26N2O4. The number of likely N-dealkylation sites (tertiary alicyclic amines) is 1. The van der Waals surface area contributed by atoms with Crippen LogP contribution in [-0.2, 0) is 4.79 Å². The van der Waals surface area contributed by atoms with E-state index >= 15 is 0 Å². The third-order valence-electron chi connectivity index (χ3n) is 5.11. The van der Waals surface area contributed by atoms with Gasteiger partial charge in [-0.2, -0.15) is 0 Å². The van der Waals surface area contributed by atoms with Crippen LogP contribution < -0.4 is 19.5 Å². The highest BCUT2D eigenvalue weighted by atomic mass is 16.6. The maximum absolute atomic E-state index is 12.6. The fourth-order valence-corrected chi connectivity index (χ4v) is 3.85. The van der Waals surface area contributed by atoms with Crippen molar-refractivity contribution in [3.8, 4) is 17.2 Å². The molecule has 148 valence electrons. The first-order valence-electron chi connectivity index (χ1n) is 9.89. The van der Waals surface area contributed by atoms with E-state index in [4.69, 9.17) is 14.2 Å².